The molecule has 0 aliphatic rings. The standard InChI is InChI=1S/C17H29N/c1-12(2)16(5,6)14-10-9-11-18-15(14)17(7,8)13(3)4/h9-13H,1-8H3. The summed E-state index contributed by atoms with van der Waals surface area (Å²) in [6.07, 6.45) is 1.93. The van der Waals surface area contributed by atoms with Gasteiger partial charge in [-0.05, 0) is 28.9 Å². The summed E-state index contributed by atoms with van der Waals surface area (Å²) >= 11 is 0. The van der Waals surface area contributed by atoms with Crippen LogP contribution in [0, 0.1) is 11.8 Å². The Balaban J connectivity index is 3.41. The maximum absolute atomic E-state index is 4.72. The molecule has 0 radical (unpaired) electrons. The van der Waals surface area contributed by atoms with Gasteiger partial charge in [0.25, 0.3) is 0 Å². The molecule has 0 aromatic carbocycles. The second kappa shape index (κ2) is 5.03. The van der Waals surface area contributed by atoms with Gasteiger partial charge in [0.15, 0.2) is 0 Å². The molecule has 0 aliphatic heterocycles. The van der Waals surface area contributed by atoms with Gasteiger partial charge in [0, 0.05) is 17.3 Å². The third-order valence-corrected chi connectivity index (χ3v) is 5.00. The molecule has 0 aliphatic carbocycles. The van der Waals surface area contributed by atoms with E-state index >= 15 is 0 Å². The quantitative estimate of drug-likeness (QED) is 0.733. The second-order valence-electron chi connectivity index (χ2n) is 7.15. The highest BCUT2D eigenvalue weighted by molar-refractivity contribution is 5.33. The van der Waals surface area contributed by atoms with Crippen LogP contribution in [0.4, 0.5) is 0 Å². The number of nitrogens with zero attached hydrogens (tertiary/aromatic N) is 1. The van der Waals surface area contributed by atoms with Crippen LogP contribution in [0.25, 0.3) is 0 Å². The molecule has 0 N–H and O–H groups in total. The molecule has 0 saturated heterocycles. The molecule has 1 heterocycles. The summed E-state index contributed by atoms with van der Waals surface area (Å²) in [5.74, 6) is 1.18. The number of aromatic nitrogens is 1. The average molecular weight is 247 g/mol. The van der Waals surface area contributed by atoms with Gasteiger partial charge in [-0.1, -0.05) is 61.5 Å². The first-order chi connectivity index (χ1) is 8.11. The maximum Gasteiger partial charge on any atom is 0.0499 e. The van der Waals surface area contributed by atoms with Crippen molar-refractivity contribution in [2.24, 2.45) is 11.8 Å². The molecule has 0 saturated carbocycles. The van der Waals surface area contributed by atoms with Crippen LogP contribution in [0.1, 0.15) is 66.6 Å². The Morgan fingerprint density at radius 1 is 0.889 bits per heavy atom. The van der Waals surface area contributed by atoms with Crippen LogP contribution in [-0.4, -0.2) is 4.98 Å². The molecule has 0 fully saturated rings. The summed E-state index contributed by atoms with van der Waals surface area (Å²) in [4.78, 5) is 4.72. The van der Waals surface area contributed by atoms with E-state index in [4.69, 9.17) is 4.98 Å². The van der Waals surface area contributed by atoms with E-state index in [1.807, 2.05) is 6.20 Å². The van der Waals surface area contributed by atoms with Crippen molar-refractivity contribution in [1.29, 1.82) is 0 Å². The third-order valence-electron chi connectivity index (χ3n) is 5.00. The van der Waals surface area contributed by atoms with Gasteiger partial charge in [-0.25, -0.2) is 0 Å². The summed E-state index contributed by atoms with van der Waals surface area (Å²) in [6.45, 7) is 18.4. The Labute approximate surface area is 113 Å². The topological polar surface area (TPSA) is 12.9 Å². The molecule has 0 amide bonds. The summed E-state index contributed by atoms with van der Waals surface area (Å²) in [6, 6.07) is 4.33. The predicted octanol–water partition coefficient (Wildman–Crippen LogP) is 4.95. The molecule has 1 heteroatoms. The van der Waals surface area contributed by atoms with E-state index in [-0.39, 0.29) is 10.8 Å². The lowest BCUT2D eigenvalue weighted by Gasteiger charge is -2.37. The predicted molar refractivity (Wildman–Crippen MR) is 80.0 cm³/mol. The van der Waals surface area contributed by atoms with Crippen LogP contribution in [0.2, 0.25) is 0 Å². The lowest BCUT2D eigenvalue weighted by Crippen LogP contribution is -2.33. The first kappa shape index (κ1) is 15.2. The average Bonchev–Trinajstić information content (AvgIpc) is 2.28. The first-order valence-electron chi connectivity index (χ1n) is 7.07. The summed E-state index contributed by atoms with van der Waals surface area (Å²) in [5.41, 5.74) is 2.94. The molecule has 102 valence electrons. The van der Waals surface area contributed by atoms with Crippen LogP contribution in [0.5, 0.6) is 0 Å². The largest absolute Gasteiger partial charge is 0.260 e. The van der Waals surface area contributed by atoms with Gasteiger partial charge in [-0.2, -0.15) is 0 Å². The molecule has 0 spiro atoms. The van der Waals surface area contributed by atoms with Crippen molar-refractivity contribution in [3.8, 4) is 0 Å². The van der Waals surface area contributed by atoms with Gasteiger partial charge >= 0.3 is 0 Å². The smallest absolute Gasteiger partial charge is 0.0499 e. The van der Waals surface area contributed by atoms with Crippen molar-refractivity contribution in [2.75, 3.05) is 0 Å². The minimum atomic E-state index is 0.114. The monoisotopic (exact) mass is 247 g/mol. The van der Waals surface area contributed by atoms with Crippen LogP contribution >= 0.6 is 0 Å². The highest BCUT2D eigenvalue weighted by atomic mass is 14.7. The molecular formula is C17H29N. The van der Waals surface area contributed by atoms with Crippen molar-refractivity contribution in [3.63, 3.8) is 0 Å². The highest BCUT2D eigenvalue weighted by Gasteiger charge is 2.35. The van der Waals surface area contributed by atoms with Crippen molar-refractivity contribution in [2.45, 2.75) is 66.2 Å². The lowest BCUT2D eigenvalue weighted by atomic mass is 9.68. The van der Waals surface area contributed by atoms with E-state index in [1.54, 1.807) is 0 Å². The molecule has 1 nitrogen and oxygen atoms in total. The molecule has 0 unspecified atom stereocenters. The van der Waals surface area contributed by atoms with Gasteiger partial charge in [-0.3, -0.25) is 4.98 Å². The summed E-state index contributed by atoms with van der Waals surface area (Å²) in [7, 11) is 0. The minimum absolute atomic E-state index is 0.114. The highest BCUT2D eigenvalue weighted by Crippen LogP contribution is 2.39. The van der Waals surface area contributed by atoms with Crippen molar-refractivity contribution < 1.29 is 0 Å². The van der Waals surface area contributed by atoms with Gasteiger partial charge < -0.3 is 0 Å². The number of pyridine rings is 1. The molecule has 0 atom stereocenters. The zero-order chi connectivity index (χ0) is 14.1. The normalized spacial score (nSPS) is 13.4. The van der Waals surface area contributed by atoms with E-state index in [9.17, 15) is 0 Å². The second-order valence-corrected chi connectivity index (χ2v) is 7.15. The third kappa shape index (κ3) is 2.60. The molecule has 1 aromatic heterocycles. The van der Waals surface area contributed by atoms with Crippen molar-refractivity contribution >= 4 is 0 Å². The number of hydrogen-bond donors (Lipinski definition) is 0. The molecule has 0 bridgehead atoms. The summed E-state index contributed by atoms with van der Waals surface area (Å²) < 4.78 is 0. The SMILES string of the molecule is CC(C)C(C)(C)c1cccnc1C(C)(C)C(C)C. The van der Waals surface area contributed by atoms with E-state index in [1.165, 1.54) is 11.3 Å². The van der Waals surface area contributed by atoms with Crippen LogP contribution in [-0.2, 0) is 10.8 Å². The fraction of sp³-hybridized carbons (Fsp3) is 0.706. The summed E-state index contributed by atoms with van der Waals surface area (Å²) in [5, 5.41) is 0. The van der Waals surface area contributed by atoms with Gasteiger partial charge in [0.05, 0.1) is 0 Å². The first-order valence-corrected chi connectivity index (χ1v) is 7.07. The molecular weight excluding hydrogens is 218 g/mol. The zero-order valence-electron chi connectivity index (χ0n) is 13.3. The van der Waals surface area contributed by atoms with Crippen LogP contribution < -0.4 is 0 Å². The maximum atomic E-state index is 4.72. The Kier molecular flexibility index (Phi) is 4.25. The Morgan fingerprint density at radius 3 is 1.83 bits per heavy atom. The number of rotatable bonds is 4. The fourth-order valence-corrected chi connectivity index (χ4v) is 2.02. The van der Waals surface area contributed by atoms with Crippen LogP contribution in [0.3, 0.4) is 0 Å². The molecule has 1 aromatic rings. The van der Waals surface area contributed by atoms with Gasteiger partial charge in [-0.15, -0.1) is 0 Å². The van der Waals surface area contributed by atoms with E-state index in [0.717, 1.165) is 0 Å². The van der Waals surface area contributed by atoms with Gasteiger partial charge in [0.2, 0.25) is 0 Å². The van der Waals surface area contributed by atoms with E-state index in [2.05, 4.69) is 67.5 Å². The number of hydrogen-bond acceptors (Lipinski definition) is 1. The zero-order valence-corrected chi connectivity index (χ0v) is 13.3. The van der Waals surface area contributed by atoms with Crippen LogP contribution in [0.15, 0.2) is 18.3 Å². The van der Waals surface area contributed by atoms with Crippen molar-refractivity contribution in [1.82, 2.24) is 4.98 Å². The van der Waals surface area contributed by atoms with Gasteiger partial charge in [0.1, 0.15) is 0 Å². The van der Waals surface area contributed by atoms with E-state index in [0.29, 0.717) is 11.8 Å². The molecule has 1 rings (SSSR count). The molecule has 18 heavy (non-hydrogen) atoms. The van der Waals surface area contributed by atoms with E-state index < -0.39 is 0 Å². The Bertz CT molecular complexity index is 361. The Hall–Kier alpha value is -0.850. The minimum Gasteiger partial charge on any atom is -0.260 e. The fourth-order valence-electron chi connectivity index (χ4n) is 2.02. The van der Waals surface area contributed by atoms with Crippen molar-refractivity contribution in [3.05, 3.63) is 29.6 Å². The lowest BCUT2D eigenvalue weighted by molar-refractivity contribution is 0.326. The Morgan fingerprint density at radius 2 is 1.39 bits per heavy atom.